The molecule has 0 radical (unpaired) electrons. The Balaban J connectivity index is 1.96. The van der Waals surface area contributed by atoms with Gasteiger partial charge in [-0.3, -0.25) is 0 Å². The first-order valence-corrected chi connectivity index (χ1v) is 7.18. The average Bonchev–Trinajstić information content (AvgIpc) is 2.86. The van der Waals surface area contributed by atoms with Crippen LogP contribution in [0.15, 0.2) is 26.5 Å². The Morgan fingerprint density at radius 1 is 1.47 bits per heavy atom. The summed E-state index contributed by atoms with van der Waals surface area (Å²) < 4.78 is 6.42. The number of halogens is 1. The predicted octanol–water partition coefficient (Wildman–Crippen LogP) is 3.91. The number of hydrogen-bond acceptors (Lipinski definition) is 4. The number of nitrogens with one attached hydrogen (secondary N) is 1. The molecule has 0 spiro atoms. The summed E-state index contributed by atoms with van der Waals surface area (Å²) in [7, 11) is 0. The van der Waals surface area contributed by atoms with Gasteiger partial charge in [0.25, 0.3) is 0 Å². The zero-order valence-electron chi connectivity index (χ0n) is 9.87. The van der Waals surface area contributed by atoms with Gasteiger partial charge < -0.3 is 9.84 Å². The lowest BCUT2D eigenvalue weighted by atomic mass is 10.2. The number of hydrogen-bond donors (Lipinski definition) is 1. The molecular weight excluding hydrogens is 300 g/mol. The molecule has 17 heavy (non-hydrogen) atoms. The molecule has 2 heterocycles. The molecule has 0 aliphatic carbocycles. The second-order valence-electron chi connectivity index (χ2n) is 4.31. The summed E-state index contributed by atoms with van der Waals surface area (Å²) in [5.74, 6) is 1.48. The van der Waals surface area contributed by atoms with Crippen LogP contribution < -0.4 is 5.32 Å². The largest absolute Gasteiger partial charge is 0.355 e. The van der Waals surface area contributed by atoms with E-state index in [1.54, 1.807) is 11.3 Å². The van der Waals surface area contributed by atoms with Crippen LogP contribution in [0.5, 0.6) is 0 Å². The second kappa shape index (κ2) is 5.80. The summed E-state index contributed by atoms with van der Waals surface area (Å²) in [6.07, 6.45) is 0. The van der Waals surface area contributed by atoms with Crippen LogP contribution in [-0.4, -0.2) is 11.7 Å². The van der Waals surface area contributed by atoms with Crippen LogP contribution >= 0.6 is 27.3 Å². The van der Waals surface area contributed by atoms with Crippen molar-refractivity contribution in [1.82, 2.24) is 10.5 Å². The molecule has 5 heteroatoms. The molecule has 92 valence electrons. The lowest BCUT2D eigenvalue weighted by Crippen LogP contribution is -2.18. The Kier molecular flexibility index (Phi) is 4.36. The van der Waals surface area contributed by atoms with E-state index < -0.39 is 0 Å². The third kappa shape index (κ3) is 3.66. The van der Waals surface area contributed by atoms with Gasteiger partial charge in [0.15, 0.2) is 5.76 Å². The molecule has 2 aromatic heterocycles. The fourth-order valence-corrected chi connectivity index (χ4v) is 2.78. The minimum Gasteiger partial charge on any atom is -0.355 e. The standard InChI is InChI=1S/C12H15BrN2OS/c1-8(2)6-14-7-9-5-10(16-15-9)11-3-4-12(13)17-11/h3-5,8,14H,6-7H2,1-2H3. The number of thiophene rings is 1. The maximum Gasteiger partial charge on any atom is 0.177 e. The fourth-order valence-electron chi connectivity index (χ4n) is 1.45. The maximum atomic E-state index is 5.32. The van der Waals surface area contributed by atoms with E-state index in [-0.39, 0.29) is 0 Å². The number of rotatable bonds is 5. The zero-order chi connectivity index (χ0) is 12.3. The lowest BCUT2D eigenvalue weighted by molar-refractivity contribution is 0.418. The van der Waals surface area contributed by atoms with E-state index in [9.17, 15) is 0 Å². The SMILES string of the molecule is CC(C)CNCc1cc(-c2ccc(Br)s2)on1. The van der Waals surface area contributed by atoms with Gasteiger partial charge in [-0.1, -0.05) is 19.0 Å². The summed E-state index contributed by atoms with van der Waals surface area (Å²) in [5.41, 5.74) is 0.949. The molecule has 0 unspecified atom stereocenters. The van der Waals surface area contributed by atoms with Crippen molar-refractivity contribution in [3.8, 4) is 10.6 Å². The Hall–Kier alpha value is -0.650. The van der Waals surface area contributed by atoms with Crippen molar-refractivity contribution in [2.45, 2.75) is 20.4 Å². The van der Waals surface area contributed by atoms with Crippen LogP contribution in [0.2, 0.25) is 0 Å². The van der Waals surface area contributed by atoms with Crippen molar-refractivity contribution in [2.75, 3.05) is 6.54 Å². The van der Waals surface area contributed by atoms with Crippen molar-refractivity contribution < 1.29 is 4.52 Å². The first kappa shape index (κ1) is 12.8. The zero-order valence-corrected chi connectivity index (χ0v) is 12.3. The van der Waals surface area contributed by atoms with Crippen LogP contribution in [-0.2, 0) is 6.54 Å². The highest BCUT2D eigenvalue weighted by Crippen LogP contribution is 2.31. The molecule has 0 aliphatic heterocycles. The maximum absolute atomic E-state index is 5.32. The van der Waals surface area contributed by atoms with Gasteiger partial charge in [-0.15, -0.1) is 11.3 Å². The van der Waals surface area contributed by atoms with Crippen LogP contribution in [0.3, 0.4) is 0 Å². The molecule has 0 aliphatic rings. The van der Waals surface area contributed by atoms with Gasteiger partial charge in [0.1, 0.15) is 0 Å². The lowest BCUT2D eigenvalue weighted by Gasteiger charge is -2.03. The molecule has 0 aromatic carbocycles. The normalized spacial score (nSPS) is 11.3. The molecule has 0 fully saturated rings. The topological polar surface area (TPSA) is 38.1 Å². The van der Waals surface area contributed by atoms with Gasteiger partial charge in [0, 0.05) is 12.6 Å². The van der Waals surface area contributed by atoms with E-state index in [1.165, 1.54) is 0 Å². The molecule has 0 saturated heterocycles. The Bertz CT molecular complexity index is 478. The van der Waals surface area contributed by atoms with E-state index in [2.05, 4.69) is 40.3 Å². The summed E-state index contributed by atoms with van der Waals surface area (Å²) in [4.78, 5) is 1.10. The molecule has 0 atom stereocenters. The molecular formula is C12H15BrN2OS. The van der Waals surface area contributed by atoms with Crippen LogP contribution in [0.4, 0.5) is 0 Å². The van der Waals surface area contributed by atoms with Gasteiger partial charge in [0.05, 0.1) is 14.4 Å². The molecule has 0 bridgehead atoms. The van der Waals surface area contributed by atoms with Crippen molar-refractivity contribution in [3.05, 3.63) is 27.7 Å². The smallest absolute Gasteiger partial charge is 0.177 e. The van der Waals surface area contributed by atoms with Gasteiger partial charge in [-0.05, 0) is 40.5 Å². The quantitative estimate of drug-likeness (QED) is 0.909. The first-order chi connectivity index (χ1) is 8.15. The monoisotopic (exact) mass is 314 g/mol. The molecule has 0 saturated carbocycles. The minimum absolute atomic E-state index is 0.648. The number of aromatic nitrogens is 1. The Labute approximate surface area is 113 Å². The van der Waals surface area contributed by atoms with Crippen LogP contribution in [0, 0.1) is 5.92 Å². The highest BCUT2D eigenvalue weighted by molar-refractivity contribution is 9.11. The number of nitrogens with zero attached hydrogens (tertiary/aromatic N) is 1. The average molecular weight is 315 g/mol. The van der Waals surface area contributed by atoms with Crippen LogP contribution in [0.1, 0.15) is 19.5 Å². The van der Waals surface area contributed by atoms with Crippen molar-refractivity contribution in [2.24, 2.45) is 5.92 Å². The summed E-state index contributed by atoms with van der Waals surface area (Å²) in [5, 5.41) is 7.40. The van der Waals surface area contributed by atoms with E-state index in [1.807, 2.05) is 18.2 Å². The first-order valence-electron chi connectivity index (χ1n) is 5.57. The van der Waals surface area contributed by atoms with Crippen molar-refractivity contribution in [1.29, 1.82) is 0 Å². The van der Waals surface area contributed by atoms with E-state index in [0.717, 1.165) is 33.2 Å². The summed E-state index contributed by atoms with van der Waals surface area (Å²) >= 11 is 5.08. The fraction of sp³-hybridized carbons (Fsp3) is 0.417. The van der Waals surface area contributed by atoms with Gasteiger partial charge >= 0.3 is 0 Å². The molecule has 2 rings (SSSR count). The predicted molar refractivity (Wildman–Crippen MR) is 74.1 cm³/mol. The molecule has 0 amide bonds. The molecule has 2 aromatic rings. The minimum atomic E-state index is 0.648. The van der Waals surface area contributed by atoms with Gasteiger partial charge in [0.2, 0.25) is 0 Å². The van der Waals surface area contributed by atoms with Gasteiger partial charge in [-0.25, -0.2) is 0 Å². The van der Waals surface area contributed by atoms with E-state index in [4.69, 9.17) is 4.52 Å². The highest BCUT2D eigenvalue weighted by Gasteiger charge is 2.08. The van der Waals surface area contributed by atoms with Gasteiger partial charge in [-0.2, -0.15) is 0 Å². The molecule has 3 nitrogen and oxygen atoms in total. The second-order valence-corrected chi connectivity index (χ2v) is 6.77. The van der Waals surface area contributed by atoms with E-state index in [0.29, 0.717) is 5.92 Å². The summed E-state index contributed by atoms with van der Waals surface area (Å²) in [6.45, 7) is 6.12. The third-order valence-corrected chi connectivity index (χ3v) is 3.87. The third-order valence-electron chi connectivity index (χ3n) is 2.23. The van der Waals surface area contributed by atoms with E-state index >= 15 is 0 Å². The summed E-state index contributed by atoms with van der Waals surface area (Å²) in [6, 6.07) is 6.03. The van der Waals surface area contributed by atoms with Crippen molar-refractivity contribution in [3.63, 3.8) is 0 Å². The van der Waals surface area contributed by atoms with Crippen LogP contribution in [0.25, 0.3) is 10.6 Å². The Morgan fingerprint density at radius 2 is 2.29 bits per heavy atom. The van der Waals surface area contributed by atoms with Crippen molar-refractivity contribution >= 4 is 27.3 Å². The molecule has 1 N–H and O–H groups in total. The Morgan fingerprint density at radius 3 is 2.94 bits per heavy atom. The highest BCUT2D eigenvalue weighted by atomic mass is 79.9.